The molecule has 2 heterocycles. The van der Waals surface area contributed by atoms with Crippen molar-refractivity contribution in [3.63, 3.8) is 0 Å². The van der Waals surface area contributed by atoms with Gasteiger partial charge in [0.25, 0.3) is 21.8 Å². The molecule has 13 heteroatoms. The van der Waals surface area contributed by atoms with E-state index < -0.39 is 52.5 Å². The van der Waals surface area contributed by atoms with E-state index in [-0.39, 0.29) is 10.6 Å². The third-order valence-electron chi connectivity index (χ3n) is 5.15. The van der Waals surface area contributed by atoms with E-state index in [0.29, 0.717) is 23.7 Å². The molecule has 0 aliphatic carbocycles. The summed E-state index contributed by atoms with van der Waals surface area (Å²) < 4.78 is 32.7. The Kier molecular flexibility index (Phi) is 7.54. The first-order valence-corrected chi connectivity index (χ1v) is 12.2. The molecule has 1 fully saturated rings. The Morgan fingerprint density at radius 3 is 2.68 bits per heavy atom. The zero-order valence-electron chi connectivity index (χ0n) is 18.9. The minimum Gasteiger partial charge on any atom is -0.454 e. The monoisotopic (exact) mass is 493 g/mol. The summed E-state index contributed by atoms with van der Waals surface area (Å²) in [6.45, 7) is 2.25. The third kappa shape index (κ3) is 6.31. The number of hydrogen-bond donors (Lipinski definition) is 3. The molecule has 0 radical (unpaired) electrons. The standard InChI is InChI=1S/C21H27N5O7S/c1-21(2)19(29)26(20(30)24-21)12-18(28)33-13-17(27)23-14-7-6-8-15(11-14)34(31,32)25-16-9-4-3-5-10-22-16/h6-8,11H,3-5,9-10,12-13H2,1-2H3,(H,22,25)(H,23,27)(H,24,30). The van der Waals surface area contributed by atoms with Crippen LogP contribution < -0.4 is 15.4 Å². The van der Waals surface area contributed by atoms with Gasteiger partial charge in [0.15, 0.2) is 6.61 Å². The first-order chi connectivity index (χ1) is 16.0. The van der Waals surface area contributed by atoms with E-state index in [1.807, 2.05) is 0 Å². The zero-order valence-corrected chi connectivity index (χ0v) is 19.7. The van der Waals surface area contributed by atoms with Gasteiger partial charge in [-0.05, 0) is 44.9 Å². The fraction of sp³-hybridized carbons (Fsp3) is 0.476. The molecule has 1 saturated heterocycles. The number of nitrogens with zero attached hydrogens (tertiary/aromatic N) is 2. The number of imide groups is 1. The molecule has 2 aliphatic heterocycles. The summed E-state index contributed by atoms with van der Waals surface area (Å²) >= 11 is 0. The summed E-state index contributed by atoms with van der Waals surface area (Å²) in [5, 5.41) is 4.88. The number of sulfonamides is 1. The molecule has 0 bridgehead atoms. The van der Waals surface area contributed by atoms with Gasteiger partial charge in [-0.15, -0.1) is 0 Å². The van der Waals surface area contributed by atoms with Crippen LogP contribution >= 0.6 is 0 Å². The van der Waals surface area contributed by atoms with Crippen LogP contribution in [0.1, 0.15) is 39.5 Å². The average molecular weight is 494 g/mol. The van der Waals surface area contributed by atoms with Gasteiger partial charge in [-0.1, -0.05) is 12.5 Å². The van der Waals surface area contributed by atoms with E-state index in [0.717, 1.165) is 19.3 Å². The smallest absolute Gasteiger partial charge is 0.326 e. The second kappa shape index (κ2) is 10.2. The predicted molar refractivity (Wildman–Crippen MR) is 121 cm³/mol. The Bertz CT molecular complexity index is 1130. The maximum absolute atomic E-state index is 12.7. The number of carbonyl (C=O) groups excluding carboxylic acids is 4. The molecule has 34 heavy (non-hydrogen) atoms. The van der Waals surface area contributed by atoms with Crippen molar-refractivity contribution in [1.82, 2.24) is 14.9 Å². The SMILES string of the molecule is CC1(C)NC(=O)N(CC(=O)OCC(=O)Nc2cccc(S(=O)(=O)NC3=NCCCCC3)c2)C1=O. The van der Waals surface area contributed by atoms with Crippen molar-refractivity contribution >= 4 is 45.4 Å². The lowest BCUT2D eigenvalue weighted by atomic mass is 10.1. The number of esters is 1. The number of nitrogens with one attached hydrogen (secondary N) is 3. The molecule has 0 spiro atoms. The molecule has 12 nitrogen and oxygen atoms in total. The Balaban J connectivity index is 1.54. The van der Waals surface area contributed by atoms with Crippen molar-refractivity contribution in [1.29, 1.82) is 0 Å². The number of urea groups is 1. The number of aliphatic imine (C=N–C) groups is 1. The number of anilines is 1. The van der Waals surface area contributed by atoms with Crippen LogP contribution in [0.2, 0.25) is 0 Å². The lowest BCUT2D eigenvalue weighted by Gasteiger charge is -2.15. The van der Waals surface area contributed by atoms with E-state index in [2.05, 4.69) is 20.3 Å². The highest BCUT2D eigenvalue weighted by Crippen LogP contribution is 2.18. The van der Waals surface area contributed by atoms with Gasteiger partial charge in [-0.2, -0.15) is 0 Å². The Morgan fingerprint density at radius 2 is 1.97 bits per heavy atom. The van der Waals surface area contributed by atoms with Crippen molar-refractivity contribution in [2.24, 2.45) is 4.99 Å². The van der Waals surface area contributed by atoms with Gasteiger partial charge in [0.2, 0.25) is 0 Å². The number of ether oxygens (including phenoxy) is 1. The molecular weight excluding hydrogens is 466 g/mol. The summed E-state index contributed by atoms with van der Waals surface area (Å²) in [4.78, 5) is 53.0. The summed E-state index contributed by atoms with van der Waals surface area (Å²) in [6, 6.07) is 4.88. The fourth-order valence-corrected chi connectivity index (χ4v) is 4.53. The van der Waals surface area contributed by atoms with E-state index in [1.165, 1.54) is 38.1 Å². The maximum atomic E-state index is 12.7. The molecule has 3 rings (SSSR count). The van der Waals surface area contributed by atoms with Gasteiger partial charge in [-0.25, -0.2) is 13.2 Å². The summed E-state index contributed by atoms with van der Waals surface area (Å²) in [5.74, 6) is -1.84. The molecule has 184 valence electrons. The number of carbonyl (C=O) groups is 4. The predicted octanol–water partition coefficient (Wildman–Crippen LogP) is 0.750. The minimum atomic E-state index is -3.89. The van der Waals surface area contributed by atoms with E-state index in [9.17, 15) is 27.6 Å². The summed E-state index contributed by atoms with van der Waals surface area (Å²) in [5.41, 5.74) is -0.944. The minimum absolute atomic E-state index is 0.0598. The molecule has 0 saturated carbocycles. The van der Waals surface area contributed by atoms with Crippen molar-refractivity contribution < 1.29 is 32.3 Å². The van der Waals surface area contributed by atoms with Crippen LogP contribution in [0.4, 0.5) is 10.5 Å². The van der Waals surface area contributed by atoms with Crippen molar-refractivity contribution in [3.8, 4) is 0 Å². The van der Waals surface area contributed by atoms with E-state index >= 15 is 0 Å². The van der Waals surface area contributed by atoms with Gasteiger partial charge < -0.3 is 15.4 Å². The third-order valence-corrected chi connectivity index (χ3v) is 6.53. The number of amides is 4. The number of benzene rings is 1. The van der Waals surface area contributed by atoms with Gasteiger partial charge in [0.05, 0.1) is 4.90 Å². The Labute approximate surface area is 197 Å². The lowest BCUT2D eigenvalue weighted by molar-refractivity contribution is -0.150. The Morgan fingerprint density at radius 1 is 1.21 bits per heavy atom. The normalized spacial score (nSPS) is 17.9. The van der Waals surface area contributed by atoms with Crippen molar-refractivity contribution in [2.45, 2.75) is 50.0 Å². The van der Waals surface area contributed by atoms with Gasteiger partial charge >= 0.3 is 12.0 Å². The summed E-state index contributed by atoms with van der Waals surface area (Å²) in [7, 11) is -3.89. The van der Waals surface area contributed by atoms with E-state index in [4.69, 9.17) is 4.74 Å². The fourth-order valence-electron chi connectivity index (χ4n) is 3.39. The first kappa shape index (κ1) is 25.1. The Hall–Kier alpha value is -3.48. The zero-order chi connectivity index (χ0) is 24.9. The van der Waals surface area contributed by atoms with Crippen LogP contribution in [0.5, 0.6) is 0 Å². The molecule has 3 N–H and O–H groups in total. The van der Waals surface area contributed by atoms with Crippen LogP contribution in [-0.2, 0) is 29.1 Å². The maximum Gasteiger partial charge on any atom is 0.326 e. The highest BCUT2D eigenvalue weighted by atomic mass is 32.2. The second-order valence-corrected chi connectivity index (χ2v) is 10.1. The van der Waals surface area contributed by atoms with Crippen LogP contribution in [0.15, 0.2) is 34.2 Å². The number of hydrogen-bond acceptors (Lipinski definition) is 8. The summed E-state index contributed by atoms with van der Waals surface area (Å²) in [6.07, 6.45) is 3.30. The molecule has 0 atom stereocenters. The largest absolute Gasteiger partial charge is 0.454 e. The van der Waals surface area contributed by atoms with Crippen LogP contribution in [0, 0.1) is 0 Å². The highest BCUT2D eigenvalue weighted by Gasteiger charge is 2.45. The molecule has 4 amide bonds. The van der Waals surface area contributed by atoms with Crippen LogP contribution in [0.3, 0.4) is 0 Å². The first-order valence-electron chi connectivity index (χ1n) is 10.7. The van der Waals surface area contributed by atoms with E-state index in [1.54, 1.807) is 0 Å². The van der Waals surface area contributed by atoms with Crippen molar-refractivity contribution in [2.75, 3.05) is 25.0 Å². The number of amidine groups is 1. The second-order valence-electron chi connectivity index (χ2n) is 8.43. The number of rotatable bonds is 7. The van der Waals surface area contributed by atoms with Crippen LogP contribution in [-0.4, -0.2) is 68.2 Å². The lowest BCUT2D eigenvalue weighted by Crippen LogP contribution is -2.41. The average Bonchev–Trinajstić information content (AvgIpc) is 2.94. The molecule has 0 aromatic heterocycles. The highest BCUT2D eigenvalue weighted by molar-refractivity contribution is 7.90. The quantitative estimate of drug-likeness (QED) is 0.373. The molecule has 1 aromatic carbocycles. The van der Waals surface area contributed by atoms with Gasteiger partial charge in [0, 0.05) is 18.7 Å². The molecule has 1 aromatic rings. The molecule has 2 aliphatic rings. The van der Waals surface area contributed by atoms with Gasteiger partial charge in [0.1, 0.15) is 17.9 Å². The molecular formula is C21H27N5O7S. The van der Waals surface area contributed by atoms with Gasteiger partial charge in [-0.3, -0.25) is 29.0 Å². The molecule has 0 unspecified atom stereocenters. The topological polar surface area (TPSA) is 163 Å². The van der Waals surface area contributed by atoms with Crippen LogP contribution in [0.25, 0.3) is 0 Å². The van der Waals surface area contributed by atoms with Crippen molar-refractivity contribution in [3.05, 3.63) is 24.3 Å².